The second-order valence-electron chi connectivity index (χ2n) is 4.99. The molecule has 1 heterocycles. The first-order valence-corrected chi connectivity index (χ1v) is 7.96. The zero-order chi connectivity index (χ0) is 13.9. The Morgan fingerprint density at radius 1 is 1.47 bits per heavy atom. The molecule has 2 rings (SSSR count). The third-order valence-corrected chi connectivity index (χ3v) is 4.40. The molecule has 1 saturated heterocycles. The van der Waals surface area contributed by atoms with Crippen LogP contribution in [0.25, 0.3) is 0 Å². The van der Waals surface area contributed by atoms with Crippen LogP contribution in [-0.2, 0) is 14.8 Å². The predicted octanol–water partition coefficient (Wildman–Crippen LogP) is 1.48. The molecule has 1 fully saturated rings. The van der Waals surface area contributed by atoms with E-state index < -0.39 is 10.0 Å². The summed E-state index contributed by atoms with van der Waals surface area (Å²) in [4.78, 5) is 0.178. The van der Waals surface area contributed by atoms with E-state index in [9.17, 15) is 8.42 Å². The minimum Gasteiger partial charge on any atom is -0.385 e. The minimum atomic E-state index is -3.66. The van der Waals surface area contributed by atoms with Crippen molar-refractivity contribution in [1.82, 2.24) is 0 Å². The number of ether oxygens (including phenoxy) is 1. The molecule has 0 saturated carbocycles. The van der Waals surface area contributed by atoms with Crippen LogP contribution in [0.4, 0.5) is 5.69 Å². The lowest BCUT2D eigenvalue weighted by Gasteiger charge is -2.22. The summed E-state index contributed by atoms with van der Waals surface area (Å²) < 4.78 is 28.3. The SMILES string of the molecule is Cc1ccc(NCC2CCCOC2)cc1S(N)(=O)=O. The normalized spacial score (nSPS) is 20.2. The quantitative estimate of drug-likeness (QED) is 0.877. The summed E-state index contributed by atoms with van der Waals surface area (Å²) in [7, 11) is -3.66. The van der Waals surface area contributed by atoms with Crippen LogP contribution in [0, 0.1) is 12.8 Å². The molecule has 0 amide bonds. The zero-order valence-corrected chi connectivity index (χ0v) is 11.9. The number of anilines is 1. The van der Waals surface area contributed by atoms with E-state index in [-0.39, 0.29) is 4.90 Å². The summed E-state index contributed by atoms with van der Waals surface area (Å²) in [6.45, 7) is 4.13. The summed E-state index contributed by atoms with van der Waals surface area (Å²) in [6.07, 6.45) is 2.23. The first-order chi connectivity index (χ1) is 8.97. The largest absolute Gasteiger partial charge is 0.385 e. The van der Waals surface area contributed by atoms with Gasteiger partial charge in [-0.1, -0.05) is 6.07 Å². The van der Waals surface area contributed by atoms with Crippen molar-refractivity contribution in [2.75, 3.05) is 25.1 Å². The highest BCUT2D eigenvalue weighted by atomic mass is 32.2. The maximum absolute atomic E-state index is 11.4. The van der Waals surface area contributed by atoms with E-state index in [1.54, 1.807) is 19.1 Å². The molecule has 106 valence electrons. The van der Waals surface area contributed by atoms with Gasteiger partial charge in [-0.3, -0.25) is 0 Å². The van der Waals surface area contributed by atoms with Crippen molar-refractivity contribution >= 4 is 15.7 Å². The molecule has 1 aromatic rings. The number of rotatable bonds is 4. The molecule has 1 aliphatic rings. The molecule has 1 atom stereocenters. The highest BCUT2D eigenvalue weighted by Crippen LogP contribution is 2.20. The molecule has 3 N–H and O–H groups in total. The standard InChI is InChI=1S/C13H20N2O3S/c1-10-4-5-12(7-13(10)19(14,16)17)15-8-11-3-2-6-18-9-11/h4-5,7,11,15H,2-3,6,8-9H2,1H3,(H2,14,16,17). The average molecular weight is 284 g/mol. The van der Waals surface area contributed by atoms with Crippen molar-refractivity contribution in [3.63, 3.8) is 0 Å². The molecular weight excluding hydrogens is 264 g/mol. The number of nitrogens with one attached hydrogen (secondary N) is 1. The van der Waals surface area contributed by atoms with Gasteiger partial charge in [-0.15, -0.1) is 0 Å². The van der Waals surface area contributed by atoms with Gasteiger partial charge in [-0.2, -0.15) is 0 Å². The fourth-order valence-corrected chi connectivity index (χ4v) is 3.06. The molecule has 0 aliphatic carbocycles. The summed E-state index contributed by atoms with van der Waals surface area (Å²) in [5.41, 5.74) is 1.44. The lowest BCUT2D eigenvalue weighted by molar-refractivity contribution is 0.0595. The Hall–Kier alpha value is -1.11. The van der Waals surface area contributed by atoms with Crippen molar-refractivity contribution in [3.8, 4) is 0 Å². The number of aryl methyl sites for hydroxylation is 1. The number of sulfonamides is 1. The van der Waals surface area contributed by atoms with E-state index in [4.69, 9.17) is 9.88 Å². The van der Waals surface area contributed by atoms with Crippen molar-refractivity contribution in [2.45, 2.75) is 24.7 Å². The molecule has 0 radical (unpaired) electrons. The topological polar surface area (TPSA) is 81.4 Å². The average Bonchev–Trinajstić information content (AvgIpc) is 2.37. The van der Waals surface area contributed by atoms with Crippen molar-refractivity contribution in [3.05, 3.63) is 23.8 Å². The Kier molecular flexibility index (Phi) is 4.44. The van der Waals surface area contributed by atoms with Crippen LogP contribution in [0.15, 0.2) is 23.1 Å². The van der Waals surface area contributed by atoms with Gasteiger partial charge in [0.2, 0.25) is 10.0 Å². The van der Waals surface area contributed by atoms with Crippen LogP contribution in [0.5, 0.6) is 0 Å². The van der Waals surface area contributed by atoms with Crippen LogP contribution in [0.1, 0.15) is 18.4 Å². The van der Waals surface area contributed by atoms with E-state index in [0.717, 1.165) is 38.3 Å². The Balaban J connectivity index is 2.04. The molecule has 0 aromatic heterocycles. The maximum atomic E-state index is 11.4. The van der Waals surface area contributed by atoms with E-state index >= 15 is 0 Å². The van der Waals surface area contributed by atoms with Gasteiger partial charge in [-0.25, -0.2) is 13.6 Å². The molecule has 1 unspecified atom stereocenters. The Morgan fingerprint density at radius 2 is 2.26 bits per heavy atom. The third kappa shape index (κ3) is 3.92. The van der Waals surface area contributed by atoms with E-state index in [1.165, 1.54) is 0 Å². The fourth-order valence-electron chi connectivity index (χ4n) is 2.25. The fraction of sp³-hybridized carbons (Fsp3) is 0.538. The van der Waals surface area contributed by atoms with E-state index in [2.05, 4.69) is 5.32 Å². The maximum Gasteiger partial charge on any atom is 0.238 e. The lowest BCUT2D eigenvalue weighted by atomic mass is 10.0. The highest BCUT2D eigenvalue weighted by molar-refractivity contribution is 7.89. The van der Waals surface area contributed by atoms with E-state index in [1.807, 2.05) is 6.07 Å². The van der Waals surface area contributed by atoms with Crippen LogP contribution in [-0.4, -0.2) is 28.2 Å². The number of hydrogen-bond acceptors (Lipinski definition) is 4. The van der Waals surface area contributed by atoms with Crippen molar-refractivity contribution < 1.29 is 13.2 Å². The summed E-state index contributed by atoms with van der Waals surface area (Å²) >= 11 is 0. The van der Waals surface area contributed by atoms with Crippen molar-refractivity contribution in [1.29, 1.82) is 0 Å². The van der Waals surface area contributed by atoms with Crippen LogP contribution in [0.2, 0.25) is 0 Å². The number of nitrogens with two attached hydrogens (primary N) is 1. The van der Waals surface area contributed by atoms with Gasteiger partial charge in [-0.05, 0) is 43.4 Å². The molecule has 6 heteroatoms. The molecule has 1 aromatic carbocycles. The molecule has 19 heavy (non-hydrogen) atoms. The first kappa shape index (κ1) is 14.3. The van der Waals surface area contributed by atoms with Crippen LogP contribution >= 0.6 is 0 Å². The molecule has 5 nitrogen and oxygen atoms in total. The van der Waals surface area contributed by atoms with Crippen LogP contribution < -0.4 is 10.5 Å². The van der Waals surface area contributed by atoms with E-state index in [0.29, 0.717) is 11.5 Å². The number of hydrogen-bond donors (Lipinski definition) is 2. The molecule has 0 spiro atoms. The monoisotopic (exact) mass is 284 g/mol. The molecular formula is C13H20N2O3S. The first-order valence-electron chi connectivity index (χ1n) is 6.42. The summed E-state index contributed by atoms with van der Waals surface area (Å²) in [5.74, 6) is 0.480. The van der Waals surface area contributed by atoms with Gasteiger partial charge >= 0.3 is 0 Å². The van der Waals surface area contributed by atoms with Gasteiger partial charge in [0.05, 0.1) is 11.5 Å². The van der Waals surface area contributed by atoms with Gasteiger partial charge < -0.3 is 10.1 Å². The van der Waals surface area contributed by atoms with Gasteiger partial charge in [0.1, 0.15) is 0 Å². The smallest absolute Gasteiger partial charge is 0.238 e. The minimum absolute atomic E-state index is 0.178. The van der Waals surface area contributed by atoms with Gasteiger partial charge in [0.15, 0.2) is 0 Å². The lowest BCUT2D eigenvalue weighted by Crippen LogP contribution is -2.24. The third-order valence-electron chi connectivity index (χ3n) is 3.34. The second kappa shape index (κ2) is 5.90. The molecule has 1 aliphatic heterocycles. The van der Waals surface area contributed by atoms with Gasteiger partial charge in [0, 0.05) is 18.8 Å². The predicted molar refractivity (Wildman–Crippen MR) is 74.6 cm³/mol. The number of benzene rings is 1. The Labute approximate surface area is 114 Å². The van der Waals surface area contributed by atoms with Crippen molar-refractivity contribution in [2.24, 2.45) is 11.1 Å². The Bertz CT molecular complexity index is 537. The second-order valence-corrected chi connectivity index (χ2v) is 6.52. The van der Waals surface area contributed by atoms with Crippen LogP contribution in [0.3, 0.4) is 0 Å². The molecule has 0 bridgehead atoms. The zero-order valence-electron chi connectivity index (χ0n) is 11.1. The summed E-state index contributed by atoms with van der Waals surface area (Å²) in [6, 6.07) is 5.22. The summed E-state index contributed by atoms with van der Waals surface area (Å²) in [5, 5.41) is 8.44. The Morgan fingerprint density at radius 3 is 2.89 bits per heavy atom. The van der Waals surface area contributed by atoms with Gasteiger partial charge in [0.25, 0.3) is 0 Å². The number of primary sulfonamides is 1. The highest BCUT2D eigenvalue weighted by Gasteiger charge is 2.15.